The molecule has 0 amide bonds. The zero-order valence-corrected chi connectivity index (χ0v) is 20.3. The van der Waals surface area contributed by atoms with Gasteiger partial charge in [-0.3, -0.25) is 4.99 Å². The van der Waals surface area contributed by atoms with Crippen LogP contribution in [0.2, 0.25) is 5.02 Å². The fourth-order valence-corrected chi connectivity index (χ4v) is 6.09. The standard InChI is InChI=1S/C21H21ClF4N4O2S2/c1-12-20(27-11-33-12)29-34(31,32)19-9-14(22)17(10-15(19)23)28-16-5-4-13(21(24,25)26)8-18(16)30-6-2-3-7-30/h4-5,8-12,20,28-29H,2-3,6-7H2,1H3. The van der Waals surface area contributed by atoms with Gasteiger partial charge in [0.25, 0.3) is 0 Å². The Morgan fingerprint density at radius 1 is 1.15 bits per heavy atom. The first kappa shape index (κ1) is 25.1. The molecule has 0 aliphatic carbocycles. The third-order valence-electron chi connectivity index (χ3n) is 5.57. The largest absolute Gasteiger partial charge is 0.416 e. The molecule has 0 bridgehead atoms. The van der Waals surface area contributed by atoms with E-state index >= 15 is 0 Å². The molecular formula is C21H21ClF4N4O2S2. The van der Waals surface area contributed by atoms with E-state index in [-0.39, 0.29) is 16.0 Å². The fourth-order valence-electron chi connectivity index (χ4n) is 3.75. The maximum atomic E-state index is 14.9. The summed E-state index contributed by atoms with van der Waals surface area (Å²) < 4.78 is 82.5. The van der Waals surface area contributed by atoms with Crippen molar-refractivity contribution >= 4 is 56.0 Å². The van der Waals surface area contributed by atoms with Crippen LogP contribution in [0.1, 0.15) is 25.3 Å². The van der Waals surface area contributed by atoms with Crippen molar-refractivity contribution in [1.82, 2.24) is 4.72 Å². The summed E-state index contributed by atoms with van der Waals surface area (Å²) >= 11 is 7.61. The highest BCUT2D eigenvalue weighted by Gasteiger charge is 2.33. The van der Waals surface area contributed by atoms with Gasteiger partial charge in [-0.1, -0.05) is 11.6 Å². The molecule has 0 aromatic heterocycles. The molecule has 1 saturated heterocycles. The molecule has 0 spiro atoms. The van der Waals surface area contributed by atoms with Crippen LogP contribution in [0.5, 0.6) is 0 Å². The van der Waals surface area contributed by atoms with E-state index in [2.05, 4.69) is 15.0 Å². The SMILES string of the molecule is CC1SC=NC1NS(=O)(=O)c1cc(Cl)c(Nc2ccc(C(F)(F)F)cc2N2CCCC2)cc1F. The lowest BCUT2D eigenvalue weighted by atomic mass is 10.1. The molecule has 0 radical (unpaired) electrons. The van der Waals surface area contributed by atoms with Crippen molar-refractivity contribution in [3.63, 3.8) is 0 Å². The lowest BCUT2D eigenvalue weighted by Crippen LogP contribution is -2.37. The van der Waals surface area contributed by atoms with Gasteiger partial charge >= 0.3 is 6.18 Å². The molecule has 13 heteroatoms. The minimum absolute atomic E-state index is 0.0288. The Balaban J connectivity index is 1.65. The first-order valence-electron chi connectivity index (χ1n) is 10.4. The molecule has 2 aromatic carbocycles. The van der Waals surface area contributed by atoms with E-state index in [0.717, 1.165) is 37.1 Å². The first-order valence-corrected chi connectivity index (χ1v) is 13.2. The number of aliphatic imine (C=N–C) groups is 1. The third kappa shape index (κ3) is 5.29. The summed E-state index contributed by atoms with van der Waals surface area (Å²) in [5.41, 5.74) is 1.37. The number of hydrogen-bond acceptors (Lipinski definition) is 6. The second-order valence-electron chi connectivity index (χ2n) is 7.97. The van der Waals surface area contributed by atoms with Crippen molar-refractivity contribution in [3.05, 3.63) is 46.7 Å². The Labute approximate surface area is 203 Å². The van der Waals surface area contributed by atoms with Crippen molar-refractivity contribution in [1.29, 1.82) is 0 Å². The van der Waals surface area contributed by atoms with E-state index in [1.54, 1.807) is 6.92 Å². The van der Waals surface area contributed by atoms with Gasteiger partial charge in [0.05, 0.1) is 33.2 Å². The van der Waals surface area contributed by atoms with Gasteiger partial charge in [0.2, 0.25) is 10.0 Å². The van der Waals surface area contributed by atoms with Crippen LogP contribution in [-0.2, 0) is 16.2 Å². The van der Waals surface area contributed by atoms with Crippen LogP contribution in [0, 0.1) is 5.82 Å². The van der Waals surface area contributed by atoms with E-state index in [4.69, 9.17) is 11.6 Å². The average Bonchev–Trinajstić information content (AvgIpc) is 3.42. The second kappa shape index (κ2) is 9.56. The number of sulfonamides is 1. The van der Waals surface area contributed by atoms with E-state index < -0.39 is 38.6 Å². The van der Waals surface area contributed by atoms with Crippen LogP contribution in [0.25, 0.3) is 0 Å². The molecule has 2 atom stereocenters. The number of nitrogens with one attached hydrogen (secondary N) is 2. The maximum absolute atomic E-state index is 14.9. The number of hydrogen-bond donors (Lipinski definition) is 2. The highest BCUT2D eigenvalue weighted by Crippen LogP contribution is 2.39. The van der Waals surface area contributed by atoms with Gasteiger partial charge in [0.1, 0.15) is 16.9 Å². The molecule has 2 aliphatic heterocycles. The minimum Gasteiger partial charge on any atom is -0.370 e. The van der Waals surface area contributed by atoms with E-state index in [1.165, 1.54) is 23.4 Å². The van der Waals surface area contributed by atoms with Gasteiger partial charge in [-0.25, -0.2) is 12.8 Å². The predicted molar refractivity (Wildman–Crippen MR) is 127 cm³/mol. The molecule has 2 N–H and O–H groups in total. The summed E-state index contributed by atoms with van der Waals surface area (Å²) in [6, 6.07) is 5.11. The lowest BCUT2D eigenvalue weighted by Gasteiger charge is -2.24. The number of halogens is 5. The van der Waals surface area contributed by atoms with Crippen LogP contribution in [-0.4, -0.2) is 38.5 Å². The van der Waals surface area contributed by atoms with E-state index in [0.29, 0.717) is 24.5 Å². The summed E-state index contributed by atoms with van der Waals surface area (Å²) in [4.78, 5) is 5.19. The Kier molecular flexibility index (Phi) is 7.05. The van der Waals surface area contributed by atoms with Gasteiger partial charge in [0, 0.05) is 24.4 Å². The normalized spacial score (nSPS) is 20.8. The Morgan fingerprint density at radius 3 is 2.47 bits per heavy atom. The molecule has 2 aromatic rings. The van der Waals surface area contributed by atoms with E-state index in [9.17, 15) is 26.0 Å². The smallest absolute Gasteiger partial charge is 0.370 e. The molecule has 2 aliphatic rings. The first-order chi connectivity index (χ1) is 16.0. The summed E-state index contributed by atoms with van der Waals surface area (Å²) in [5.74, 6) is -1.06. The molecule has 1 fully saturated rings. The number of anilines is 3. The minimum atomic E-state index is -4.51. The Morgan fingerprint density at radius 2 is 1.85 bits per heavy atom. The molecule has 2 heterocycles. The molecule has 4 rings (SSSR count). The van der Waals surface area contributed by atoms with Crippen LogP contribution >= 0.6 is 23.4 Å². The van der Waals surface area contributed by atoms with Gasteiger partial charge in [-0.2, -0.15) is 17.9 Å². The van der Waals surface area contributed by atoms with Crippen molar-refractivity contribution in [3.8, 4) is 0 Å². The topological polar surface area (TPSA) is 73.8 Å². The van der Waals surface area contributed by atoms with Crippen LogP contribution < -0.4 is 14.9 Å². The summed E-state index contributed by atoms with van der Waals surface area (Å²) in [6.07, 6.45) is -3.57. The number of nitrogens with zero attached hydrogens (tertiary/aromatic N) is 2. The molecular weight excluding hydrogens is 516 g/mol. The molecule has 34 heavy (non-hydrogen) atoms. The highest BCUT2D eigenvalue weighted by atomic mass is 35.5. The number of thioether (sulfide) groups is 1. The molecule has 0 saturated carbocycles. The van der Waals surface area contributed by atoms with Gasteiger partial charge < -0.3 is 10.2 Å². The van der Waals surface area contributed by atoms with Crippen molar-refractivity contribution in [2.45, 2.75) is 42.3 Å². The van der Waals surface area contributed by atoms with Crippen LogP contribution in [0.15, 0.2) is 40.2 Å². The summed E-state index contributed by atoms with van der Waals surface area (Å²) in [5, 5.41) is 2.61. The quantitative estimate of drug-likeness (QED) is 0.469. The number of alkyl halides is 3. The lowest BCUT2D eigenvalue weighted by molar-refractivity contribution is -0.137. The van der Waals surface area contributed by atoms with Gasteiger partial charge in [-0.15, -0.1) is 11.8 Å². The Bertz CT molecular complexity index is 1220. The zero-order chi connectivity index (χ0) is 24.7. The van der Waals surface area contributed by atoms with E-state index in [1.807, 2.05) is 4.90 Å². The predicted octanol–water partition coefficient (Wildman–Crippen LogP) is 5.61. The zero-order valence-electron chi connectivity index (χ0n) is 17.9. The van der Waals surface area contributed by atoms with Crippen molar-refractivity contribution in [2.75, 3.05) is 23.3 Å². The Hall–Kier alpha value is -2.02. The van der Waals surface area contributed by atoms with Crippen molar-refractivity contribution in [2.24, 2.45) is 4.99 Å². The monoisotopic (exact) mass is 536 g/mol. The van der Waals surface area contributed by atoms with Gasteiger partial charge in [-0.05, 0) is 44.0 Å². The highest BCUT2D eigenvalue weighted by molar-refractivity contribution is 8.12. The molecule has 2 unspecified atom stereocenters. The van der Waals surface area contributed by atoms with Crippen molar-refractivity contribution < 1.29 is 26.0 Å². The van der Waals surface area contributed by atoms with Crippen LogP contribution in [0.3, 0.4) is 0 Å². The third-order valence-corrected chi connectivity index (χ3v) is 8.26. The summed E-state index contributed by atoms with van der Waals surface area (Å²) in [6.45, 7) is 2.95. The summed E-state index contributed by atoms with van der Waals surface area (Å²) in [7, 11) is -4.26. The molecule has 6 nitrogen and oxygen atoms in total. The number of benzene rings is 2. The second-order valence-corrected chi connectivity index (χ2v) is 11.3. The maximum Gasteiger partial charge on any atom is 0.416 e. The van der Waals surface area contributed by atoms with Crippen LogP contribution in [0.4, 0.5) is 34.6 Å². The fraction of sp³-hybridized carbons (Fsp3) is 0.381. The molecule has 184 valence electrons. The van der Waals surface area contributed by atoms with Gasteiger partial charge in [0.15, 0.2) is 0 Å². The average molecular weight is 537 g/mol. The number of rotatable bonds is 6.